The number of carbonyl (C=O) groups excluding carboxylic acids is 1. The minimum Gasteiger partial charge on any atom is -0.493 e. The van der Waals surface area contributed by atoms with Crippen LogP contribution in [0.15, 0.2) is 59.1 Å². The molecular weight excluding hydrogens is 436 g/mol. The summed E-state index contributed by atoms with van der Waals surface area (Å²) in [6, 6.07) is 15.1. The van der Waals surface area contributed by atoms with Crippen LogP contribution in [0.3, 0.4) is 0 Å². The number of amides is 1. The number of benzene rings is 2. The number of thiazole rings is 1. The van der Waals surface area contributed by atoms with Gasteiger partial charge in [0.15, 0.2) is 16.6 Å². The molecule has 1 N–H and O–H groups in total. The summed E-state index contributed by atoms with van der Waals surface area (Å²) in [5, 5.41) is 17.5. The van der Waals surface area contributed by atoms with E-state index in [0.717, 1.165) is 11.3 Å². The van der Waals surface area contributed by atoms with Gasteiger partial charge in [0.25, 0.3) is 0 Å². The van der Waals surface area contributed by atoms with Gasteiger partial charge in [0, 0.05) is 17.0 Å². The van der Waals surface area contributed by atoms with E-state index in [1.807, 2.05) is 41.8 Å². The fourth-order valence-electron chi connectivity index (χ4n) is 2.75. The molecule has 0 aliphatic carbocycles. The number of tetrazole rings is 1. The second-order valence-corrected chi connectivity index (χ2v) is 7.95. The zero-order valence-electron chi connectivity index (χ0n) is 16.7. The first-order chi connectivity index (χ1) is 15.2. The van der Waals surface area contributed by atoms with Crippen molar-refractivity contribution >= 4 is 34.1 Å². The Kier molecular flexibility index (Phi) is 6.43. The largest absolute Gasteiger partial charge is 0.493 e. The molecule has 0 saturated heterocycles. The van der Waals surface area contributed by atoms with Gasteiger partial charge in [-0.3, -0.25) is 4.79 Å². The summed E-state index contributed by atoms with van der Waals surface area (Å²) in [5.74, 6) is 1.10. The highest BCUT2D eigenvalue weighted by atomic mass is 32.2. The molecule has 9 nitrogen and oxygen atoms in total. The number of ether oxygens (including phenoxy) is 2. The highest BCUT2D eigenvalue weighted by Crippen LogP contribution is 2.30. The zero-order chi connectivity index (χ0) is 21.6. The monoisotopic (exact) mass is 454 g/mol. The molecule has 158 valence electrons. The summed E-state index contributed by atoms with van der Waals surface area (Å²) in [6.45, 7) is 0. The van der Waals surface area contributed by atoms with Crippen LogP contribution < -0.4 is 14.8 Å². The molecule has 0 unspecified atom stereocenters. The minimum absolute atomic E-state index is 0.133. The van der Waals surface area contributed by atoms with Crippen molar-refractivity contribution in [2.24, 2.45) is 0 Å². The van der Waals surface area contributed by atoms with Gasteiger partial charge < -0.3 is 14.8 Å². The average molecular weight is 455 g/mol. The fourth-order valence-corrected chi connectivity index (χ4v) is 4.17. The Morgan fingerprint density at radius 1 is 1.13 bits per heavy atom. The van der Waals surface area contributed by atoms with Crippen LogP contribution >= 0.6 is 23.1 Å². The van der Waals surface area contributed by atoms with Crippen molar-refractivity contribution in [2.45, 2.75) is 5.16 Å². The number of carbonyl (C=O) groups is 1. The van der Waals surface area contributed by atoms with Crippen LogP contribution in [-0.4, -0.2) is 51.1 Å². The van der Waals surface area contributed by atoms with Crippen LogP contribution in [0.4, 0.5) is 5.13 Å². The Morgan fingerprint density at radius 3 is 2.71 bits per heavy atom. The average Bonchev–Trinajstić information content (AvgIpc) is 3.47. The van der Waals surface area contributed by atoms with Crippen molar-refractivity contribution in [1.82, 2.24) is 25.2 Å². The molecular formula is C20H18N6O3S2. The molecule has 0 aliphatic rings. The van der Waals surface area contributed by atoms with Crippen LogP contribution in [0.5, 0.6) is 11.5 Å². The summed E-state index contributed by atoms with van der Waals surface area (Å²) in [7, 11) is 3.13. The first kappa shape index (κ1) is 20.8. The summed E-state index contributed by atoms with van der Waals surface area (Å²) >= 11 is 2.60. The van der Waals surface area contributed by atoms with Crippen molar-refractivity contribution in [2.75, 3.05) is 25.3 Å². The fraction of sp³-hybridized carbons (Fsp3) is 0.150. The maximum Gasteiger partial charge on any atom is 0.236 e. The number of hydrogen-bond acceptors (Lipinski definition) is 9. The summed E-state index contributed by atoms with van der Waals surface area (Å²) in [4.78, 5) is 16.9. The third-order valence-corrected chi connectivity index (χ3v) is 5.88. The zero-order valence-corrected chi connectivity index (χ0v) is 18.3. The van der Waals surface area contributed by atoms with Gasteiger partial charge in [-0.15, -0.1) is 16.4 Å². The van der Waals surface area contributed by atoms with Gasteiger partial charge >= 0.3 is 0 Å². The van der Waals surface area contributed by atoms with E-state index < -0.39 is 0 Å². The maximum atomic E-state index is 12.4. The van der Waals surface area contributed by atoms with Crippen molar-refractivity contribution < 1.29 is 14.3 Å². The Bertz CT molecular complexity index is 1180. The van der Waals surface area contributed by atoms with E-state index in [1.54, 1.807) is 26.4 Å². The molecule has 2 heterocycles. The molecule has 0 bridgehead atoms. The lowest BCUT2D eigenvalue weighted by atomic mass is 10.2. The highest BCUT2D eigenvalue weighted by molar-refractivity contribution is 7.99. The van der Waals surface area contributed by atoms with Crippen LogP contribution in [0.25, 0.3) is 16.9 Å². The van der Waals surface area contributed by atoms with Crippen LogP contribution in [0.1, 0.15) is 0 Å². The van der Waals surface area contributed by atoms with E-state index in [9.17, 15) is 4.79 Å². The second kappa shape index (κ2) is 9.58. The van der Waals surface area contributed by atoms with Crippen LogP contribution in [-0.2, 0) is 4.79 Å². The van der Waals surface area contributed by atoms with E-state index >= 15 is 0 Å². The molecule has 4 aromatic rings. The van der Waals surface area contributed by atoms with E-state index in [1.165, 1.54) is 27.8 Å². The molecule has 2 aromatic carbocycles. The Morgan fingerprint density at radius 2 is 1.94 bits per heavy atom. The molecule has 1 amide bonds. The molecule has 0 fully saturated rings. The summed E-state index contributed by atoms with van der Waals surface area (Å²) < 4.78 is 12.1. The predicted octanol–water partition coefficient (Wildman–Crippen LogP) is 3.53. The quantitative estimate of drug-likeness (QED) is 0.403. The number of aromatic nitrogens is 5. The Balaban J connectivity index is 1.40. The van der Waals surface area contributed by atoms with Gasteiger partial charge in [0.05, 0.1) is 31.4 Å². The number of rotatable bonds is 8. The van der Waals surface area contributed by atoms with E-state index in [-0.39, 0.29) is 11.7 Å². The van der Waals surface area contributed by atoms with Crippen LogP contribution in [0.2, 0.25) is 0 Å². The molecule has 2 aromatic heterocycles. The SMILES string of the molecule is COc1ccc(-n2nnnc2SCC(=O)Nc2nc(-c3ccccc3)cs2)cc1OC. The first-order valence-corrected chi connectivity index (χ1v) is 11.0. The van der Waals surface area contributed by atoms with E-state index in [4.69, 9.17) is 9.47 Å². The number of hydrogen-bond donors (Lipinski definition) is 1. The first-order valence-electron chi connectivity index (χ1n) is 9.12. The number of methoxy groups -OCH3 is 2. The molecule has 11 heteroatoms. The van der Waals surface area contributed by atoms with Gasteiger partial charge in [-0.25, -0.2) is 4.98 Å². The number of nitrogens with zero attached hydrogens (tertiary/aromatic N) is 5. The van der Waals surface area contributed by atoms with Gasteiger partial charge in [0.2, 0.25) is 11.1 Å². The third kappa shape index (κ3) is 4.84. The van der Waals surface area contributed by atoms with Gasteiger partial charge in [-0.1, -0.05) is 42.1 Å². The van der Waals surface area contributed by atoms with Gasteiger partial charge in [-0.05, 0) is 22.6 Å². The second-order valence-electron chi connectivity index (χ2n) is 6.15. The number of nitrogens with one attached hydrogen (secondary N) is 1. The maximum absolute atomic E-state index is 12.4. The van der Waals surface area contributed by atoms with E-state index in [2.05, 4.69) is 25.8 Å². The Hall–Kier alpha value is -3.44. The highest BCUT2D eigenvalue weighted by Gasteiger charge is 2.15. The van der Waals surface area contributed by atoms with E-state index in [0.29, 0.717) is 27.5 Å². The number of anilines is 1. The normalized spacial score (nSPS) is 10.6. The minimum atomic E-state index is -0.194. The standard InChI is InChI=1S/C20H18N6O3S2/c1-28-16-9-8-14(10-17(16)29-2)26-20(23-24-25-26)31-12-18(27)22-19-21-15(11-30-19)13-6-4-3-5-7-13/h3-11H,12H2,1-2H3,(H,21,22,27). The Labute approximate surface area is 186 Å². The van der Waals surface area contributed by atoms with Gasteiger partial charge in [-0.2, -0.15) is 4.68 Å². The number of thioether (sulfide) groups is 1. The molecule has 4 rings (SSSR count). The molecule has 0 spiro atoms. The molecule has 0 aliphatic heterocycles. The van der Waals surface area contributed by atoms with Crippen molar-refractivity contribution in [3.8, 4) is 28.4 Å². The smallest absolute Gasteiger partial charge is 0.236 e. The lowest BCUT2D eigenvalue weighted by Gasteiger charge is -2.10. The molecule has 0 atom stereocenters. The molecule has 31 heavy (non-hydrogen) atoms. The van der Waals surface area contributed by atoms with Crippen molar-refractivity contribution in [1.29, 1.82) is 0 Å². The third-order valence-electron chi connectivity index (χ3n) is 4.21. The summed E-state index contributed by atoms with van der Waals surface area (Å²) in [5.41, 5.74) is 2.52. The lowest BCUT2D eigenvalue weighted by molar-refractivity contribution is -0.113. The van der Waals surface area contributed by atoms with Crippen molar-refractivity contribution in [3.63, 3.8) is 0 Å². The summed E-state index contributed by atoms with van der Waals surface area (Å²) in [6.07, 6.45) is 0. The topological polar surface area (TPSA) is 104 Å². The predicted molar refractivity (Wildman–Crippen MR) is 119 cm³/mol. The molecule has 0 radical (unpaired) electrons. The lowest BCUT2D eigenvalue weighted by Crippen LogP contribution is -2.14. The van der Waals surface area contributed by atoms with Crippen LogP contribution in [0, 0.1) is 0 Å². The molecule has 0 saturated carbocycles. The van der Waals surface area contributed by atoms with Gasteiger partial charge in [0.1, 0.15) is 0 Å². The van der Waals surface area contributed by atoms with Crippen molar-refractivity contribution in [3.05, 3.63) is 53.9 Å².